The van der Waals surface area contributed by atoms with E-state index in [2.05, 4.69) is 5.32 Å². The Morgan fingerprint density at radius 1 is 1.11 bits per heavy atom. The van der Waals surface area contributed by atoms with Gasteiger partial charge < -0.3 is 5.32 Å². The molecule has 0 spiro atoms. The molecule has 9 heteroatoms. The summed E-state index contributed by atoms with van der Waals surface area (Å²) >= 11 is 0. The highest BCUT2D eigenvalue weighted by atomic mass is 32.2. The predicted molar refractivity (Wildman–Crippen MR) is 99.5 cm³/mol. The van der Waals surface area contributed by atoms with Crippen LogP contribution in [0.25, 0.3) is 10.8 Å². The molecule has 0 radical (unpaired) electrons. The van der Waals surface area contributed by atoms with Crippen LogP contribution in [0.4, 0.5) is 11.4 Å². The standard InChI is InChI=1S/C18H14N2O6S/c1-11-8-9-13(10-15(11)20(22)23)18(21)19-14-6-2-4-12-5-3-7-16(17(12)14)27(24,25)26/h2-10H,1H3,(H,19,21)(H,24,25,26). The number of hydrogen-bond acceptors (Lipinski definition) is 5. The summed E-state index contributed by atoms with van der Waals surface area (Å²) in [6.07, 6.45) is 0. The predicted octanol–water partition coefficient (Wildman–Crippen LogP) is 3.56. The molecule has 3 aromatic rings. The molecule has 1 amide bonds. The average molecular weight is 386 g/mol. The number of nitro groups is 1. The van der Waals surface area contributed by atoms with E-state index in [1.807, 2.05) is 0 Å². The summed E-state index contributed by atoms with van der Waals surface area (Å²) in [5.74, 6) is -0.643. The van der Waals surface area contributed by atoms with E-state index in [-0.39, 0.29) is 27.2 Å². The van der Waals surface area contributed by atoms with Gasteiger partial charge in [0, 0.05) is 22.6 Å². The van der Waals surface area contributed by atoms with Crippen LogP contribution in [0.15, 0.2) is 59.5 Å². The second-order valence-corrected chi connectivity index (χ2v) is 7.24. The summed E-state index contributed by atoms with van der Waals surface area (Å²) < 4.78 is 32.8. The van der Waals surface area contributed by atoms with Crippen molar-refractivity contribution in [1.82, 2.24) is 0 Å². The van der Waals surface area contributed by atoms with Gasteiger partial charge in [-0.3, -0.25) is 19.5 Å². The number of anilines is 1. The highest BCUT2D eigenvalue weighted by Crippen LogP contribution is 2.30. The van der Waals surface area contributed by atoms with Crippen LogP contribution in [-0.2, 0) is 10.1 Å². The van der Waals surface area contributed by atoms with Crippen molar-refractivity contribution in [2.45, 2.75) is 11.8 Å². The van der Waals surface area contributed by atoms with Gasteiger partial charge in [0.25, 0.3) is 21.7 Å². The normalized spacial score (nSPS) is 11.3. The summed E-state index contributed by atoms with van der Waals surface area (Å²) in [5, 5.41) is 14.3. The van der Waals surface area contributed by atoms with Crippen molar-refractivity contribution in [3.63, 3.8) is 0 Å². The SMILES string of the molecule is Cc1ccc(C(=O)Nc2cccc3cccc(S(=O)(=O)O)c23)cc1[N+](=O)[O-]. The first-order valence-corrected chi connectivity index (χ1v) is 9.18. The Morgan fingerprint density at radius 3 is 2.41 bits per heavy atom. The first-order valence-electron chi connectivity index (χ1n) is 7.74. The number of carbonyl (C=O) groups excluding carboxylic acids is 1. The van der Waals surface area contributed by atoms with Crippen molar-refractivity contribution in [2.75, 3.05) is 5.32 Å². The fourth-order valence-corrected chi connectivity index (χ4v) is 3.50. The summed E-state index contributed by atoms with van der Waals surface area (Å²) in [5.41, 5.74) is 0.428. The van der Waals surface area contributed by atoms with Crippen molar-refractivity contribution in [1.29, 1.82) is 0 Å². The van der Waals surface area contributed by atoms with Crippen molar-refractivity contribution in [3.8, 4) is 0 Å². The lowest BCUT2D eigenvalue weighted by Gasteiger charge is -2.11. The van der Waals surface area contributed by atoms with Gasteiger partial charge in [0.05, 0.1) is 10.6 Å². The molecule has 138 valence electrons. The van der Waals surface area contributed by atoms with Crippen molar-refractivity contribution < 1.29 is 22.7 Å². The first-order chi connectivity index (χ1) is 12.7. The Balaban J connectivity index is 2.09. The third-order valence-corrected chi connectivity index (χ3v) is 4.96. The lowest BCUT2D eigenvalue weighted by Crippen LogP contribution is -2.13. The molecule has 0 saturated carbocycles. The van der Waals surface area contributed by atoms with Crippen LogP contribution in [-0.4, -0.2) is 23.8 Å². The molecule has 0 fully saturated rings. The maximum atomic E-state index is 12.6. The number of aryl methyl sites for hydroxylation is 1. The number of nitrogens with one attached hydrogen (secondary N) is 1. The Labute approximate surface area is 154 Å². The number of nitrogens with zero attached hydrogens (tertiary/aromatic N) is 1. The van der Waals surface area contributed by atoms with Crippen molar-refractivity contribution in [3.05, 3.63) is 75.8 Å². The number of fused-ring (bicyclic) bond motifs is 1. The molecular weight excluding hydrogens is 372 g/mol. The van der Waals surface area contributed by atoms with Gasteiger partial charge in [-0.25, -0.2) is 0 Å². The molecule has 2 N–H and O–H groups in total. The number of benzene rings is 3. The lowest BCUT2D eigenvalue weighted by atomic mass is 10.1. The second kappa shape index (κ2) is 6.78. The molecule has 0 aromatic heterocycles. The molecule has 27 heavy (non-hydrogen) atoms. The molecule has 0 atom stereocenters. The summed E-state index contributed by atoms with van der Waals surface area (Å²) in [7, 11) is -4.52. The number of amides is 1. The minimum Gasteiger partial charge on any atom is -0.321 e. The minimum atomic E-state index is -4.52. The van der Waals surface area contributed by atoms with E-state index in [4.69, 9.17) is 0 Å². The van der Waals surface area contributed by atoms with Gasteiger partial charge >= 0.3 is 0 Å². The zero-order chi connectivity index (χ0) is 19.8. The largest absolute Gasteiger partial charge is 0.321 e. The minimum absolute atomic E-state index is 0.0497. The van der Waals surface area contributed by atoms with Gasteiger partial charge in [-0.1, -0.05) is 30.3 Å². The second-order valence-electron chi connectivity index (χ2n) is 5.85. The molecule has 0 heterocycles. The molecule has 0 aliphatic carbocycles. The fourth-order valence-electron chi connectivity index (χ4n) is 2.77. The maximum absolute atomic E-state index is 12.6. The Kier molecular flexibility index (Phi) is 4.64. The Hall–Kier alpha value is -3.30. The topological polar surface area (TPSA) is 127 Å². The van der Waals surface area contributed by atoms with Crippen LogP contribution in [0, 0.1) is 17.0 Å². The number of carbonyl (C=O) groups is 1. The Bertz CT molecular complexity index is 1180. The van der Waals surface area contributed by atoms with Crippen LogP contribution in [0.1, 0.15) is 15.9 Å². The zero-order valence-electron chi connectivity index (χ0n) is 14.0. The number of rotatable bonds is 4. The average Bonchev–Trinajstić information content (AvgIpc) is 2.60. The van der Waals surface area contributed by atoms with E-state index in [0.717, 1.165) is 6.07 Å². The monoisotopic (exact) mass is 386 g/mol. The molecule has 0 unspecified atom stereocenters. The lowest BCUT2D eigenvalue weighted by molar-refractivity contribution is -0.385. The van der Waals surface area contributed by atoms with Crippen LogP contribution in [0.5, 0.6) is 0 Å². The van der Waals surface area contributed by atoms with Gasteiger partial charge in [-0.05, 0) is 30.5 Å². The van der Waals surface area contributed by atoms with Crippen LogP contribution in [0.2, 0.25) is 0 Å². The van der Waals surface area contributed by atoms with Crippen LogP contribution in [0.3, 0.4) is 0 Å². The van der Waals surface area contributed by atoms with E-state index >= 15 is 0 Å². The van der Waals surface area contributed by atoms with Gasteiger partial charge in [0.1, 0.15) is 4.90 Å². The first kappa shape index (κ1) is 18.5. The summed E-state index contributed by atoms with van der Waals surface area (Å²) in [6.45, 7) is 1.56. The molecule has 8 nitrogen and oxygen atoms in total. The molecule has 3 aromatic carbocycles. The zero-order valence-corrected chi connectivity index (χ0v) is 14.9. The number of nitro benzene ring substituents is 1. The number of hydrogen-bond donors (Lipinski definition) is 2. The van der Waals surface area contributed by atoms with Crippen molar-refractivity contribution >= 4 is 38.2 Å². The summed E-state index contributed by atoms with van der Waals surface area (Å²) in [6, 6.07) is 13.1. The summed E-state index contributed by atoms with van der Waals surface area (Å²) in [4.78, 5) is 22.7. The Morgan fingerprint density at radius 2 is 1.78 bits per heavy atom. The van der Waals surface area contributed by atoms with Gasteiger partial charge in [0.2, 0.25) is 0 Å². The third kappa shape index (κ3) is 3.64. The fraction of sp³-hybridized carbons (Fsp3) is 0.0556. The highest BCUT2D eigenvalue weighted by Gasteiger charge is 2.19. The van der Waals surface area contributed by atoms with Crippen LogP contribution >= 0.6 is 0 Å². The molecular formula is C18H14N2O6S. The van der Waals surface area contributed by atoms with Gasteiger partial charge in [-0.2, -0.15) is 8.42 Å². The molecule has 3 rings (SSSR count). The third-order valence-electron chi connectivity index (χ3n) is 4.06. The van der Waals surface area contributed by atoms with E-state index in [9.17, 15) is 27.9 Å². The van der Waals surface area contributed by atoms with Crippen LogP contribution < -0.4 is 5.32 Å². The molecule has 0 aliphatic rings. The smallest absolute Gasteiger partial charge is 0.295 e. The van der Waals surface area contributed by atoms with Crippen molar-refractivity contribution in [2.24, 2.45) is 0 Å². The van der Waals surface area contributed by atoms with E-state index in [1.54, 1.807) is 25.1 Å². The van der Waals surface area contributed by atoms with Gasteiger partial charge in [0.15, 0.2) is 0 Å². The molecule has 0 bridgehead atoms. The molecule has 0 saturated heterocycles. The maximum Gasteiger partial charge on any atom is 0.295 e. The van der Waals surface area contributed by atoms with E-state index in [0.29, 0.717) is 10.9 Å². The van der Waals surface area contributed by atoms with E-state index in [1.165, 1.54) is 30.3 Å². The molecule has 0 aliphatic heterocycles. The van der Waals surface area contributed by atoms with Gasteiger partial charge in [-0.15, -0.1) is 0 Å². The quantitative estimate of drug-likeness (QED) is 0.401. The van der Waals surface area contributed by atoms with E-state index < -0.39 is 20.9 Å². The highest BCUT2D eigenvalue weighted by molar-refractivity contribution is 7.86.